The molecule has 1 aromatic carbocycles. The fourth-order valence-corrected chi connectivity index (χ4v) is 1.70. The Balaban J connectivity index is 0.00000289. The maximum atomic E-state index is 11.6. The van der Waals surface area contributed by atoms with Crippen molar-refractivity contribution < 1.29 is 4.79 Å². The van der Waals surface area contributed by atoms with E-state index in [0.29, 0.717) is 6.54 Å². The number of carbonyl (C=O) groups is 1. The van der Waals surface area contributed by atoms with E-state index in [1.54, 1.807) is 7.05 Å². The van der Waals surface area contributed by atoms with Crippen LogP contribution in [0.5, 0.6) is 0 Å². The van der Waals surface area contributed by atoms with Crippen LogP contribution in [0.4, 0.5) is 0 Å². The average molecular weight is 269 g/mol. The molecule has 18 heavy (non-hydrogen) atoms. The van der Waals surface area contributed by atoms with E-state index in [1.165, 1.54) is 0 Å². The molecule has 1 unspecified atom stereocenters. The van der Waals surface area contributed by atoms with Gasteiger partial charge in [0.25, 0.3) is 0 Å². The number of nitrogens with one attached hydrogen (secondary N) is 2. The van der Waals surface area contributed by atoms with Gasteiger partial charge < -0.3 is 10.6 Å². The highest BCUT2D eigenvalue weighted by molar-refractivity contribution is 5.85. The monoisotopic (exact) mass is 268 g/mol. The molecule has 0 aliphatic rings. The molecular formula is C14H21ClN2O. The van der Waals surface area contributed by atoms with E-state index in [1.807, 2.05) is 36.4 Å². The van der Waals surface area contributed by atoms with Crippen molar-refractivity contribution in [2.75, 3.05) is 13.6 Å². The SMILES string of the molecule is C=CCCC(NC(=O)CNC)c1ccccc1.Cl. The molecule has 2 N–H and O–H groups in total. The highest BCUT2D eigenvalue weighted by Gasteiger charge is 2.12. The van der Waals surface area contributed by atoms with Crippen molar-refractivity contribution in [2.45, 2.75) is 18.9 Å². The quantitative estimate of drug-likeness (QED) is 0.746. The zero-order chi connectivity index (χ0) is 12.5. The molecule has 1 amide bonds. The van der Waals surface area contributed by atoms with Crippen molar-refractivity contribution in [1.29, 1.82) is 0 Å². The van der Waals surface area contributed by atoms with E-state index in [4.69, 9.17) is 0 Å². The lowest BCUT2D eigenvalue weighted by Crippen LogP contribution is -2.35. The fraction of sp³-hybridized carbons (Fsp3) is 0.357. The summed E-state index contributed by atoms with van der Waals surface area (Å²) >= 11 is 0. The molecule has 1 rings (SSSR count). The molecule has 0 bridgehead atoms. The summed E-state index contributed by atoms with van der Waals surface area (Å²) in [6.07, 6.45) is 3.64. The lowest BCUT2D eigenvalue weighted by atomic mass is 10.0. The molecule has 0 spiro atoms. The Morgan fingerprint density at radius 3 is 2.61 bits per heavy atom. The standard InChI is InChI=1S/C14H20N2O.ClH/c1-3-4-10-13(16-14(17)11-15-2)12-8-6-5-7-9-12;/h3,5-9,13,15H,1,4,10-11H2,2H3,(H,16,17);1H. The third kappa shape index (κ3) is 5.84. The highest BCUT2D eigenvalue weighted by atomic mass is 35.5. The van der Waals surface area contributed by atoms with Gasteiger partial charge in [-0.2, -0.15) is 0 Å². The largest absolute Gasteiger partial charge is 0.348 e. The van der Waals surface area contributed by atoms with Crippen molar-refractivity contribution in [3.8, 4) is 0 Å². The van der Waals surface area contributed by atoms with E-state index in [9.17, 15) is 4.79 Å². The summed E-state index contributed by atoms with van der Waals surface area (Å²) in [7, 11) is 1.76. The minimum Gasteiger partial charge on any atom is -0.348 e. The van der Waals surface area contributed by atoms with Crippen LogP contribution >= 0.6 is 12.4 Å². The Morgan fingerprint density at radius 1 is 1.39 bits per heavy atom. The van der Waals surface area contributed by atoms with Crippen molar-refractivity contribution in [1.82, 2.24) is 10.6 Å². The number of likely N-dealkylation sites (N-methyl/N-ethyl adjacent to an activating group) is 1. The van der Waals surface area contributed by atoms with Gasteiger partial charge in [-0.05, 0) is 25.5 Å². The van der Waals surface area contributed by atoms with E-state index in [0.717, 1.165) is 18.4 Å². The minimum absolute atomic E-state index is 0. The summed E-state index contributed by atoms with van der Waals surface area (Å²) in [5, 5.41) is 5.87. The summed E-state index contributed by atoms with van der Waals surface area (Å²) in [5.74, 6) is 0.0189. The zero-order valence-corrected chi connectivity index (χ0v) is 11.5. The van der Waals surface area contributed by atoms with Crippen LogP contribution in [0.2, 0.25) is 0 Å². The topological polar surface area (TPSA) is 41.1 Å². The predicted molar refractivity (Wildman–Crippen MR) is 77.9 cm³/mol. The first kappa shape index (κ1) is 16.7. The molecule has 0 saturated carbocycles. The summed E-state index contributed by atoms with van der Waals surface area (Å²) in [6, 6.07) is 10.1. The Hall–Kier alpha value is -1.32. The zero-order valence-electron chi connectivity index (χ0n) is 10.7. The number of benzene rings is 1. The second kappa shape index (κ2) is 9.68. The molecule has 1 atom stereocenters. The van der Waals surface area contributed by atoms with Crippen molar-refractivity contribution in [3.63, 3.8) is 0 Å². The molecule has 4 heteroatoms. The van der Waals surface area contributed by atoms with Gasteiger partial charge in [-0.3, -0.25) is 4.79 Å². The van der Waals surface area contributed by atoms with Crippen LogP contribution in [0.25, 0.3) is 0 Å². The van der Waals surface area contributed by atoms with Crippen LogP contribution in [-0.4, -0.2) is 19.5 Å². The summed E-state index contributed by atoms with van der Waals surface area (Å²) < 4.78 is 0. The number of rotatable bonds is 7. The highest BCUT2D eigenvalue weighted by Crippen LogP contribution is 2.18. The van der Waals surface area contributed by atoms with Gasteiger partial charge in [0.2, 0.25) is 5.91 Å². The third-order valence-corrected chi connectivity index (χ3v) is 2.53. The fourth-order valence-electron chi connectivity index (χ4n) is 1.70. The molecule has 0 saturated heterocycles. The second-order valence-corrected chi connectivity index (χ2v) is 3.93. The van der Waals surface area contributed by atoms with Crippen molar-refractivity contribution in [2.24, 2.45) is 0 Å². The first-order valence-corrected chi connectivity index (χ1v) is 5.87. The van der Waals surface area contributed by atoms with Gasteiger partial charge in [-0.25, -0.2) is 0 Å². The second-order valence-electron chi connectivity index (χ2n) is 3.93. The Morgan fingerprint density at radius 2 is 2.06 bits per heavy atom. The molecular weight excluding hydrogens is 248 g/mol. The Labute approximate surface area is 115 Å². The predicted octanol–water partition coefficient (Wildman–Crippen LogP) is 2.45. The van der Waals surface area contributed by atoms with Crippen LogP contribution in [0.1, 0.15) is 24.4 Å². The van der Waals surface area contributed by atoms with E-state index in [2.05, 4.69) is 17.2 Å². The van der Waals surface area contributed by atoms with E-state index in [-0.39, 0.29) is 24.4 Å². The summed E-state index contributed by atoms with van der Waals surface area (Å²) in [5.41, 5.74) is 1.14. The molecule has 0 aliphatic heterocycles. The molecule has 1 aromatic rings. The van der Waals surface area contributed by atoms with Crippen LogP contribution in [-0.2, 0) is 4.79 Å². The number of allylic oxidation sites excluding steroid dienone is 1. The van der Waals surface area contributed by atoms with Crippen LogP contribution < -0.4 is 10.6 Å². The number of halogens is 1. The molecule has 0 radical (unpaired) electrons. The van der Waals surface area contributed by atoms with E-state index < -0.39 is 0 Å². The van der Waals surface area contributed by atoms with Gasteiger partial charge in [0.15, 0.2) is 0 Å². The van der Waals surface area contributed by atoms with Gasteiger partial charge in [-0.15, -0.1) is 19.0 Å². The smallest absolute Gasteiger partial charge is 0.234 e. The number of hydrogen-bond acceptors (Lipinski definition) is 2. The minimum atomic E-state index is 0. The molecule has 0 aromatic heterocycles. The van der Waals surface area contributed by atoms with Crippen LogP contribution in [0.15, 0.2) is 43.0 Å². The molecule has 0 heterocycles. The van der Waals surface area contributed by atoms with Gasteiger partial charge >= 0.3 is 0 Å². The Kier molecular flexibility index (Phi) is 8.97. The number of hydrogen-bond donors (Lipinski definition) is 2. The van der Waals surface area contributed by atoms with Gasteiger partial charge in [0.05, 0.1) is 12.6 Å². The van der Waals surface area contributed by atoms with Gasteiger partial charge in [0, 0.05) is 0 Å². The lowest BCUT2D eigenvalue weighted by molar-refractivity contribution is -0.120. The van der Waals surface area contributed by atoms with Gasteiger partial charge in [-0.1, -0.05) is 36.4 Å². The number of carbonyl (C=O) groups excluding carboxylic acids is 1. The van der Waals surface area contributed by atoms with Crippen molar-refractivity contribution in [3.05, 3.63) is 48.6 Å². The van der Waals surface area contributed by atoms with E-state index >= 15 is 0 Å². The molecule has 100 valence electrons. The average Bonchev–Trinajstić information content (AvgIpc) is 2.36. The first-order chi connectivity index (χ1) is 8.27. The van der Waals surface area contributed by atoms with Crippen LogP contribution in [0, 0.1) is 0 Å². The normalized spacial score (nSPS) is 11.2. The Bertz CT molecular complexity index is 354. The molecule has 0 aliphatic carbocycles. The maximum absolute atomic E-state index is 11.6. The first-order valence-electron chi connectivity index (χ1n) is 5.87. The number of amides is 1. The summed E-state index contributed by atoms with van der Waals surface area (Å²) in [6.45, 7) is 4.06. The lowest BCUT2D eigenvalue weighted by Gasteiger charge is -2.18. The molecule has 3 nitrogen and oxygen atoms in total. The summed E-state index contributed by atoms with van der Waals surface area (Å²) in [4.78, 5) is 11.6. The van der Waals surface area contributed by atoms with Crippen LogP contribution in [0.3, 0.4) is 0 Å². The third-order valence-electron chi connectivity index (χ3n) is 2.53. The van der Waals surface area contributed by atoms with Crippen molar-refractivity contribution >= 4 is 18.3 Å². The maximum Gasteiger partial charge on any atom is 0.234 e. The molecule has 0 fully saturated rings. The van der Waals surface area contributed by atoms with Gasteiger partial charge in [0.1, 0.15) is 0 Å².